The standard InChI is InChI=1S/C15H27NO5/c1-14(2,3)20-12(18)11(9-7-8-10-17)16-13(19)21-15(4,5)6/h10-11H,7-9H2,1-6H3,(H,16,19)/t11-/m0/s1. The molecule has 122 valence electrons. The summed E-state index contributed by atoms with van der Waals surface area (Å²) in [6.07, 6.45) is 1.25. The Morgan fingerprint density at radius 1 is 1.05 bits per heavy atom. The minimum atomic E-state index is -0.820. The predicted octanol–water partition coefficient (Wildman–Crippen LogP) is 2.59. The van der Waals surface area contributed by atoms with Crippen LogP contribution in [-0.4, -0.2) is 35.6 Å². The van der Waals surface area contributed by atoms with Gasteiger partial charge in [-0.15, -0.1) is 0 Å². The number of carbonyl (C=O) groups excluding carboxylic acids is 3. The summed E-state index contributed by atoms with van der Waals surface area (Å²) in [6, 6.07) is -0.820. The van der Waals surface area contributed by atoms with E-state index in [1.807, 2.05) is 0 Å². The summed E-state index contributed by atoms with van der Waals surface area (Å²) < 4.78 is 10.4. The lowest BCUT2D eigenvalue weighted by Crippen LogP contribution is -2.46. The van der Waals surface area contributed by atoms with Gasteiger partial charge in [0.15, 0.2) is 0 Å². The van der Waals surface area contributed by atoms with E-state index in [1.54, 1.807) is 41.5 Å². The van der Waals surface area contributed by atoms with Gasteiger partial charge in [0.25, 0.3) is 0 Å². The first-order chi connectivity index (χ1) is 9.44. The van der Waals surface area contributed by atoms with Crippen LogP contribution in [0.25, 0.3) is 0 Å². The number of ether oxygens (including phenoxy) is 2. The van der Waals surface area contributed by atoms with Crippen LogP contribution in [0.1, 0.15) is 60.8 Å². The molecule has 0 aliphatic rings. The Balaban J connectivity index is 4.69. The molecule has 0 aromatic carbocycles. The average Bonchev–Trinajstić information content (AvgIpc) is 2.22. The summed E-state index contributed by atoms with van der Waals surface area (Å²) in [5.74, 6) is -0.528. The van der Waals surface area contributed by atoms with Gasteiger partial charge in [0, 0.05) is 6.42 Å². The number of aldehydes is 1. The van der Waals surface area contributed by atoms with Crippen LogP contribution in [-0.2, 0) is 19.1 Å². The van der Waals surface area contributed by atoms with Crippen LogP contribution in [0.3, 0.4) is 0 Å². The molecule has 6 nitrogen and oxygen atoms in total. The van der Waals surface area contributed by atoms with E-state index in [-0.39, 0.29) is 0 Å². The molecular formula is C15H27NO5. The van der Waals surface area contributed by atoms with Crippen molar-refractivity contribution >= 4 is 18.3 Å². The first-order valence-electron chi connectivity index (χ1n) is 7.10. The third kappa shape index (κ3) is 10.8. The molecule has 1 atom stereocenters. The second-order valence-electron chi connectivity index (χ2n) is 6.83. The Bertz CT molecular complexity index is 365. The highest BCUT2D eigenvalue weighted by Gasteiger charge is 2.28. The lowest BCUT2D eigenvalue weighted by Gasteiger charge is -2.26. The molecule has 1 amide bonds. The molecule has 0 aromatic heterocycles. The first-order valence-corrected chi connectivity index (χ1v) is 7.10. The Labute approximate surface area is 126 Å². The summed E-state index contributed by atoms with van der Waals surface area (Å²) in [6.45, 7) is 10.5. The Morgan fingerprint density at radius 3 is 2.00 bits per heavy atom. The molecule has 0 saturated carbocycles. The van der Waals surface area contributed by atoms with Crippen LogP contribution in [0, 0.1) is 0 Å². The van der Waals surface area contributed by atoms with Gasteiger partial charge < -0.3 is 19.6 Å². The second-order valence-corrected chi connectivity index (χ2v) is 6.83. The van der Waals surface area contributed by atoms with E-state index in [1.165, 1.54) is 0 Å². The number of carbonyl (C=O) groups is 3. The maximum absolute atomic E-state index is 12.1. The molecule has 0 heterocycles. The lowest BCUT2D eigenvalue weighted by molar-refractivity contribution is -0.157. The van der Waals surface area contributed by atoms with Crippen LogP contribution in [0.4, 0.5) is 4.79 Å². The molecular weight excluding hydrogens is 274 g/mol. The number of esters is 1. The Kier molecular flexibility index (Phi) is 7.39. The summed E-state index contributed by atoms with van der Waals surface area (Å²) in [5.41, 5.74) is -1.29. The van der Waals surface area contributed by atoms with Crippen molar-refractivity contribution in [2.24, 2.45) is 0 Å². The van der Waals surface area contributed by atoms with Gasteiger partial charge in [-0.2, -0.15) is 0 Å². The van der Waals surface area contributed by atoms with Gasteiger partial charge in [-0.3, -0.25) is 0 Å². The van der Waals surface area contributed by atoms with Crippen molar-refractivity contribution in [3.63, 3.8) is 0 Å². The normalized spacial score (nSPS) is 13.2. The molecule has 0 fully saturated rings. The zero-order chi connectivity index (χ0) is 16.7. The topological polar surface area (TPSA) is 81.7 Å². The van der Waals surface area contributed by atoms with Crippen LogP contribution in [0.5, 0.6) is 0 Å². The minimum Gasteiger partial charge on any atom is -0.458 e. The van der Waals surface area contributed by atoms with Gasteiger partial charge in [-0.1, -0.05) is 0 Å². The molecule has 0 radical (unpaired) electrons. The van der Waals surface area contributed by atoms with E-state index in [4.69, 9.17) is 9.47 Å². The van der Waals surface area contributed by atoms with E-state index in [9.17, 15) is 14.4 Å². The Hall–Kier alpha value is -1.59. The maximum Gasteiger partial charge on any atom is 0.408 e. The van der Waals surface area contributed by atoms with Crippen molar-refractivity contribution in [1.29, 1.82) is 0 Å². The fraction of sp³-hybridized carbons (Fsp3) is 0.800. The number of rotatable bonds is 6. The SMILES string of the molecule is CC(C)(C)OC(=O)N[C@@H](CCCC=O)C(=O)OC(C)(C)C. The summed E-state index contributed by atoms with van der Waals surface area (Å²) >= 11 is 0. The molecule has 0 saturated heterocycles. The Morgan fingerprint density at radius 2 is 1.57 bits per heavy atom. The highest BCUT2D eigenvalue weighted by Crippen LogP contribution is 2.12. The average molecular weight is 301 g/mol. The molecule has 1 N–H and O–H groups in total. The zero-order valence-electron chi connectivity index (χ0n) is 13.8. The van der Waals surface area contributed by atoms with Gasteiger partial charge in [-0.25, -0.2) is 9.59 Å². The number of hydrogen-bond acceptors (Lipinski definition) is 5. The molecule has 6 heteroatoms. The molecule has 0 spiro atoms. The van der Waals surface area contributed by atoms with Gasteiger partial charge in [0.05, 0.1) is 0 Å². The lowest BCUT2D eigenvalue weighted by atomic mass is 10.1. The third-order valence-corrected chi connectivity index (χ3v) is 2.20. The first kappa shape index (κ1) is 19.4. The summed E-state index contributed by atoms with van der Waals surface area (Å²) in [7, 11) is 0. The van der Waals surface area contributed by atoms with Crippen molar-refractivity contribution in [3.05, 3.63) is 0 Å². The minimum absolute atomic E-state index is 0.326. The molecule has 0 aliphatic carbocycles. The van der Waals surface area contributed by atoms with E-state index in [0.29, 0.717) is 19.3 Å². The van der Waals surface area contributed by atoms with Crippen molar-refractivity contribution in [3.8, 4) is 0 Å². The van der Waals surface area contributed by atoms with Crippen LogP contribution in [0.2, 0.25) is 0 Å². The molecule has 0 rings (SSSR count). The third-order valence-electron chi connectivity index (χ3n) is 2.20. The van der Waals surface area contributed by atoms with Crippen molar-refractivity contribution in [2.45, 2.75) is 78.0 Å². The molecule has 0 aromatic rings. The van der Waals surface area contributed by atoms with Crippen LogP contribution >= 0.6 is 0 Å². The fourth-order valence-corrected chi connectivity index (χ4v) is 1.48. The van der Waals surface area contributed by atoms with Crippen molar-refractivity contribution < 1.29 is 23.9 Å². The van der Waals surface area contributed by atoms with Gasteiger partial charge >= 0.3 is 12.1 Å². The van der Waals surface area contributed by atoms with Crippen LogP contribution < -0.4 is 5.32 Å². The van der Waals surface area contributed by atoms with Gasteiger partial charge in [0.2, 0.25) is 0 Å². The van der Waals surface area contributed by atoms with Gasteiger partial charge in [-0.05, 0) is 54.4 Å². The summed E-state index contributed by atoms with van der Waals surface area (Å²) in [4.78, 5) is 34.2. The highest BCUT2D eigenvalue weighted by atomic mass is 16.6. The number of nitrogens with one attached hydrogen (secondary N) is 1. The number of hydrogen-bond donors (Lipinski definition) is 1. The van der Waals surface area contributed by atoms with E-state index < -0.39 is 29.3 Å². The van der Waals surface area contributed by atoms with Gasteiger partial charge in [0.1, 0.15) is 23.5 Å². The quantitative estimate of drug-likeness (QED) is 0.463. The maximum atomic E-state index is 12.1. The smallest absolute Gasteiger partial charge is 0.408 e. The largest absolute Gasteiger partial charge is 0.458 e. The number of alkyl carbamates (subject to hydrolysis) is 1. The van der Waals surface area contributed by atoms with E-state index in [0.717, 1.165) is 6.29 Å². The monoisotopic (exact) mass is 301 g/mol. The summed E-state index contributed by atoms with van der Waals surface area (Å²) in [5, 5.41) is 2.50. The highest BCUT2D eigenvalue weighted by molar-refractivity contribution is 5.81. The van der Waals surface area contributed by atoms with E-state index in [2.05, 4.69) is 5.32 Å². The predicted molar refractivity (Wildman–Crippen MR) is 78.9 cm³/mol. The van der Waals surface area contributed by atoms with E-state index >= 15 is 0 Å². The number of unbranched alkanes of at least 4 members (excludes halogenated alkanes) is 1. The van der Waals surface area contributed by atoms with Crippen LogP contribution in [0.15, 0.2) is 0 Å². The zero-order valence-corrected chi connectivity index (χ0v) is 13.8. The second kappa shape index (κ2) is 8.00. The van der Waals surface area contributed by atoms with Crippen molar-refractivity contribution in [1.82, 2.24) is 5.32 Å². The fourth-order valence-electron chi connectivity index (χ4n) is 1.48. The molecule has 0 unspecified atom stereocenters. The number of amides is 1. The molecule has 0 aliphatic heterocycles. The van der Waals surface area contributed by atoms with Crippen molar-refractivity contribution in [2.75, 3.05) is 0 Å². The molecule has 21 heavy (non-hydrogen) atoms. The molecule has 0 bridgehead atoms.